The molecule has 0 aliphatic heterocycles. The number of hydrogen-bond donors (Lipinski definition) is 0. The molecule has 5 rings (SSSR count). The minimum atomic E-state index is -5.03. The first-order valence-corrected chi connectivity index (χ1v) is 11.1. The van der Waals surface area contributed by atoms with Gasteiger partial charge in [0.05, 0.1) is 5.39 Å². The Labute approximate surface area is 212 Å². The zero-order valence-electron chi connectivity index (χ0n) is 19.3. The maximum atomic E-state index is 13.9. The van der Waals surface area contributed by atoms with Gasteiger partial charge in [-0.2, -0.15) is 13.2 Å². The normalized spacial score (nSPS) is 11.4. The van der Waals surface area contributed by atoms with Crippen molar-refractivity contribution in [2.45, 2.75) is 12.8 Å². The number of ether oxygens (including phenoxy) is 2. The van der Waals surface area contributed by atoms with Gasteiger partial charge in [0, 0.05) is 6.07 Å². The highest BCUT2D eigenvalue weighted by molar-refractivity contribution is 5.82. The number of hydrogen-bond acceptors (Lipinski definition) is 7. The molecule has 2 heterocycles. The third-order valence-corrected chi connectivity index (χ3v) is 5.50. The van der Waals surface area contributed by atoms with Crippen LogP contribution >= 0.6 is 0 Å². The topological polar surface area (TPSA) is 102 Å². The van der Waals surface area contributed by atoms with Crippen molar-refractivity contribution < 1.29 is 41.4 Å². The van der Waals surface area contributed by atoms with Gasteiger partial charge in [0.2, 0.25) is 11.2 Å². The molecule has 0 atom stereocenters. The summed E-state index contributed by atoms with van der Waals surface area (Å²) < 4.78 is 62.6. The summed E-state index contributed by atoms with van der Waals surface area (Å²) in [5.41, 5.74) is 0.338. The molecule has 0 unspecified atom stereocenters. The monoisotopic (exact) mass is 521 g/mol. The van der Waals surface area contributed by atoms with Gasteiger partial charge in [0.15, 0.2) is 0 Å². The van der Waals surface area contributed by atoms with E-state index in [0.29, 0.717) is 0 Å². The molecule has 0 aliphatic rings. The van der Waals surface area contributed by atoms with Crippen molar-refractivity contribution in [2.24, 2.45) is 0 Å². The molecule has 0 fully saturated rings. The fourth-order valence-corrected chi connectivity index (χ4v) is 3.71. The Hall–Kier alpha value is -4.99. The Kier molecular flexibility index (Phi) is 6.38. The molecule has 0 bridgehead atoms. The van der Waals surface area contributed by atoms with Crippen molar-refractivity contribution in [2.75, 3.05) is 0 Å². The van der Waals surface area contributed by atoms with Gasteiger partial charge in [-0.15, -0.1) is 0 Å². The van der Waals surface area contributed by atoms with Crippen LogP contribution in [0.2, 0.25) is 0 Å². The third-order valence-electron chi connectivity index (χ3n) is 5.50. The van der Waals surface area contributed by atoms with Crippen LogP contribution in [0.4, 0.5) is 13.2 Å². The first-order valence-electron chi connectivity index (χ1n) is 11.1. The molecule has 0 spiro atoms. The van der Waals surface area contributed by atoms with Gasteiger partial charge < -0.3 is 28.2 Å². The molecule has 0 aliphatic carbocycles. The first-order chi connectivity index (χ1) is 18.2. The summed E-state index contributed by atoms with van der Waals surface area (Å²) in [4.78, 5) is 23.9. The molecule has 0 N–H and O–H groups in total. The van der Waals surface area contributed by atoms with Crippen LogP contribution in [0, 0.1) is 0 Å². The second-order valence-electron chi connectivity index (χ2n) is 8.08. The van der Waals surface area contributed by atoms with Crippen molar-refractivity contribution in [3.8, 4) is 28.4 Å². The van der Waals surface area contributed by atoms with Crippen LogP contribution < -0.4 is 20.0 Å². The molecule has 0 saturated carbocycles. The summed E-state index contributed by atoms with van der Waals surface area (Å²) in [6.45, 7) is -0.227. The summed E-state index contributed by atoms with van der Waals surface area (Å²) in [6, 6.07) is 21.8. The third kappa shape index (κ3) is 5.10. The van der Waals surface area contributed by atoms with Gasteiger partial charge in [-0.05, 0) is 47.5 Å². The van der Waals surface area contributed by atoms with E-state index in [1.165, 1.54) is 36.4 Å². The number of rotatable bonds is 7. The van der Waals surface area contributed by atoms with Crippen LogP contribution in [0.3, 0.4) is 0 Å². The van der Waals surface area contributed by atoms with Crippen LogP contribution in [-0.4, -0.2) is 5.97 Å². The summed E-state index contributed by atoms with van der Waals surface area (Å²) in [7, 11) is 0. The molecular weight excluding hydrogens is 505 g/mol. The van der Waals surface area contributed by atoms with Crippen molar-refractivity contribution in [3.05, 3.63) is 112 Å². The SMILES string of the molecule is O=C([O-])c1ccc(COc2ccc3c(=O)c(Oc4ccc(-c5ccccc5)cc4)c(C(F)(F)F)oc3c2)o1. The lowest BCUT2D eigenvalue weighted by atomic mass is 10.1. The van der Waals surface area contributed by atoms with E-state index >= 15 is 0 Å². The highest BCUT2D eigenvalue weighted by Crippen LogP contribution is 2.39. The van der Waals surface area contributed by atoms with Gasteiger partial charge in [-0.3, -0.25) is 4.79 Å². The molecule has 192 valence electrons. The Morgan fingerprint density at radius 1 is 0.842 bits per heavy atom. The highest BCUT2D eigenvalue weighted by atomic mass is 19.4. The number of carbonyl (C=O) groups is 1. The molecule has 0 amide bonds. The number of halogens is 3. The molecule has 5 aromatic rings. The van der Waals surface area contributed by atoms with E-state index in [0.717, 1.165) is 17.2 Å². The maximum absolute atomic E-state index is 13.9. The molecule has 0 saturated heterocycles. The number of aromatic carboxylic acids is 1. The summed E-state index contributed by atoms with van der Waals surface area (Å²) in [6.07, 6.45) is -5.03. The van der Waals surface area contributed by atoms with Crippen LogP contribution in [0.5, 0.6) is 17.2 Å². The average molecular weight is 521 g/mol. The molecule has 2 aromatic heterocycles. The van der Waals surface area contributed by atoms with Crippen LogP contribution in [0.15, 0.2) is 98.6 Å². The standard InChI is InChI=1S/C28H17F3O7/c29-28(30,31)26-25(37-18-8-6-17(7-9-18)16-4-2-1-3-5-16)24(32)21-12-10-19(14-23(21)38-26)35-15-20-11-13-22(36-20)27(33)34/h1-14H,15H2,(H,33,34)/p-1. The number of benzene rings is 3. The predicted octanol–water partition coefficient (Wildman–Crippen LogP) is 5.81. The summed E-state index contributed by atoms with van der Waals surface area (Å²) in [5, 5.41) is 10.7. The second kappa shape index (κ2) is 9.81. The Bertz CT molecular complexity index is 1670. The zero-order valence-corrected chi connectivity index (χ0v) is 19.3. The maximum Gasteiger partial charge on any atom is 0.453 e. The number of carbonyl (C=O) groups excluding carboxylic acids is 1. The molecular formula is C28H16F3O7-. The Morgan fingerprint density at radius 2 is 1.53 bits per heavy atom. The van der Waals surface area contributed by atoms with E-state index in [4.69, 9.17) is 18.3 Å². The van der Waals surface area contributed by atoms with E-state index in [-0.39, 0.29) is 34.8 Å². The Balaban J connectivity index is 1.44. The van der Waals surface area contributed by atoms with Crippen LogP contribution in [0.25, 0.3) is 22.1 Å². The zero-order chi connectivity index (χ0) is 26.9. The number of fused-ring (bicyclic) bond motifs is 1. The lowest BCUT2D eigenvalue weighted by Gasteiger charge is -2.14. The lowest BCUT2D eigenvalue weighted by Crippen LogP contribution is -2.21. The van der Waals surface area contributed by atoms with E-state index in [1.54, 1.807) is 12.1 Å². The average Bonchev–Trinajstić information content (AvgIpc) is 3.39. The van der Waals surface area contributed by atoms with Gasteiger partial charge in [-0.25, -0.2) is 0 Å². The van der Waals surface area contributed by atoms with E-state index < -0.39 is 34.8 Å². The number of alkyl halides is 3. The van der Waals surface area contributed by atoms with Crippen LogP contribution in [-0.2, 0) is 12.8 Å². The molecule has 3 aromatic carbocycles. The quantitative estimate of drug-likeness (QED) is 0.267. The van der Waals surface area contributed by atoms with Crippen molar-refractivity contribution >= 4 is 16.9 Å². The molecule has 38 heavy (non-hydrogen) atoms. The van der Waals surface area contributed by atoms with Crippen molar-refractivity contribution in [3.63, 3.8) is 0 Å². The number of carboxylic acid groups (broad SMARTS) is 1. The predicted molar refractivity (Wildman–Crippen MR) is 127 cm³/mol. The Morgan fingerprint density at radius 3 is 2.18 bits per heavy atom. The second-order valence-corrected chi connectivity index (χ2v) is 8.08. The minimum Gasteiger partial charge on any atom is -0.542 e. The largest absolute Gasteiger partial charge is 0.542 e. The minimum absolute atomic E-state index is 0.0242. The van der Waals surface area contributed by atoms with Gasteiger partial charge >= 0.3 is 6.18 Å². The van der Waals surface area contributed by atoms with Crippen molar-refractivity contribution in [1.82, 2.24) is 0 Å². The van der Waals surface area contributed by atoms with E-state index in [9.17, 15) is 27.9 Å². The first kappa shape index (κ1) is 24.7. The van der Waals surface area contributed by atoms with Crippen LogP contribution in [0.1, 0.15) is 22.1 Å². The van der Waals surface area contributed by atoms with E-state index in [1.807, 2.05) is 30.3 Å². The number of carboxylic acids is 1. The highest BCUT2D eigenvalue weighted by Gasteiger charge is 2.40. The van der Waals surface area contributed by atoms with Gasteiger partial charge in [0.25, 0.3) is 5.76 Å². The summed E-state index contributed by atoms with van der Waals surface area (Å²) >= 11 is 0. The van der Waals surface area contributed by atoms with Crippen molar-refractivity contribution in [1.29, 1.82) is 0 Å². The fourth-order valence-electron chi connectivity index (χ4n) is 3.71. The number of furan rings is 1. The van der Waals surface area contributed by atoms with E-state index in [2.05, 4.69) is 0 Å². The molecule has 0 radical (unpaired) electrons. The fraction of sp³-hybridized carbons (Fsp3) is 0.0714. The van der Waals surface area contributed by atoms with Gasteiger partial charge in [0.1, 0.15) is 41.2 Å². The van der Waals surface area contributed by atoms with Gasteiger partial charge in [-0.1, -0.05) is 42.5 Å². The lowest BCUT2D eigenvalue weighted by molar-refractivity contribution is -0.257. The smallest absolute Gasteiger partial charge is 0.453 e. The molecule has 7 nitrogen and oxygen atoms in total. The molecule has 10 heteroatoms. The summed E-state index contributed by atoms with van der Waals surface area (Å²) in [5.74, 6) is -4.26.